The molecule has 0 aliphatic heterocycles. The molecule has 4 nitrogen and oxygen atoms in total. The molecule has 0 aromatic carbocycles. The predicted molar refractivity (Wildman–Crippen MR) is 54.8 cm³/mol. The third kappa shape index (κ3) is 2.35. The molecule has 2 unspecified atom stereocenters. The zero-order valence-electron chi connectivity index (χ0n) is 8.68. The summed E-state index contributed by atoms with van der Waals surface area (Å²) < 4.78 is 5.30. The number of aliphatic hydroxyl groups excluding tert-OH is 1. The molecule has 1 rings (SSSR count). The van der Waals surface area contributed by atoms with E-state index in [1.54, 1.807) is 6.26 Å². The fourth-order valence-electron chi connectivity index (χ4n) is 1.40. The Bertz CT molecular complexity index is 249. The molecular weight excluding hydrogens is 180 g/mol. The van der Waals surface area contributed by atoms with Gasteiger partial charge >= 0.3 is 0 Å². The lowest BCUT2D eigenvalue weighted by atomic mass is 10.1. The standard InChI is InChI=1S/C10H18N2O2/c1-8(7-13)12(2)9(6-11)10-4-3-5-14-10/h3-5,8-9,13H,6-7,11H2,1-2H3. The Morgan fingerprint density at radius 1 is 1.64 bits per heavy atom. The van der Waals surface area contributed by atoms with Crippen molar-refractivity contribution in [3.8, 4) is 0 Å². The number of hydrogen-bond acceptors (Lipinski definition) is 4. The van der Waals surface area contributed by atoms with E-state index in [4.69, 9.17) is 15.3 Å². The molecule has 0 spiro atoms. The maximum atomic E-state index is 9.03. The summed E-state index contributed by atoms with van der Waals surface area (Å²) in [5.41, 5.74) is 5.67. The second kappa shape index (κ2) is 5.14. The molecule has 80 valence electrons. The van der Waals surface area contributed by atoms with Gasteiger partial charge in [0, 0.05) is 12.6 Å². The monoisotopic (exact) mass is 198 g/mol. The molecule has 0 saturated heterocycles. The fourth-order valence-corrected chi connectivity index (χ4v) is 1.40. The molecule has 1 aromatic rings. The van der Waals surface area contributed by atoms with E-state index in [1.807, 2.05) is 31.0 Å². The summed E-state index contributed by atoms with van der Waals surface area (Å²) in [6.45, 7) is 2.55. The van der Waals surface area contributed by atoms with Crippen molar-refractivity contribution in [2.24, 2.45) is 5.73 Å². The third-order valence-electron chi connectivity index (χ3n) is 2.55. The van der Waals surface area contributed by atoms with Crippen LogP contribution in [0.15, 0.2) is 22.8 Å². The topological polar surface area (TPSA) is 62.6 Å². The van der Waals surface area contributed by atoms with Gasteiger partial charge in [-0.2, -0.15) is 0 Å². The van der Waals surface area contributed by atoms with E-state index in [0.717, 1.165) is 5.76 Å². The Hall–Kier alpha value is -0.840. The van der Waals surface area contributed by atoms with Gasteiger partial charge in [-0.1, -0.05) is 0 Å². The number of hydrogen-bond donors (Lipinski definition) is 2. The van der Waals surface area contributed by atoms with Crippen LogP contribution < -0.4 is 5.73 Å². The van der Waals surface area contributed by atoms with Gasteiger partial charge in [0.15, 0.2) is 0 Å². The van der Waals surface area contributed by atoms with Crippen LogP contribution in [0.25, 0.3) is 0 Å². The fraction of sp³-hybridized carbons (Fsp3) is 0.600. The molecule has 0 saturated carbocycles. The summed E-state index contributed by atoms with van der Waals surface area (Å²) in [4.78, 5) is 2.01. The van der Waals surface area contributed by atoms with Gasteiger partial charge in [0.25, 0.3) is 0 Å². The molecule has 4 heteroatoms. The summed E-state index contributed by atoms with van der Waals surface area (Å²) in [7, 11) is 1.93. The van der Waals surface area contributed by atoms with Gasteiger partial charge in [-0.15, -0.1) is 0 Å². The van der Waals surface area contributed by atoms with Gasteiger partial charge in [-0.3, -0.25) is 4.90 Å². The lowest BCUT2D eigenvalue weighted by Crippen LogP contribution is -2.38. The van der Waals surface area contributed by atoms with Crippen LogP contribution >= 0.6 is 0 Å². The van der Waals surface area contributed by atoms with E-state index in [1.165, 1.54) is 0 Å². The van der Waals surface area contributed by atoms with Crippen molar-refractivity contribution in [1.82, 2.24) is 4.90 Å². The molecular formula is C10H18N2O2. The van der Waals surface area contributed by atoms with Crippen LogP contribution in [-0.2, 0) is 0 Å². The number of furan rings is 1. The van der Waals surface area contributed by atoms with Crippen molar-refractivity contribution in [1.29, 1.82) is 0 Å². The molecule has 3 N–H and O–H groups in total. The summed E-state index contributed by atoms with van der Waals surface area (Å²) >= 11 is 0. The van der Waals surface area contributed by atoms with Crippen molar-refractivity contribution in [2.45, 2.75) is 19.0 Å². The third-order valence-corrected chi connectivity index (χ3v) is 2.55. The van der Waals surface area contributed by atoms with Crippen molar-refractivity contribution < 1.29 is 9.52 Å². The minimum atomic E-state index is 0.0344. The lowest BCUT2D eigenvalue weighted by molar-refractivity contribution is 0.112. The Kier molecular flexibility index (Phi) is 4.13. The molecule has 0 amide bonds. The minimum absolute atomic E-state index is 0.0344. The summed E-state index contributed by atoms with van der Waals surface area (Å²) in [6, 6.07) is 3.86. The van der Waals surface area contributed by atoms with Gasteiger partial charge in [0.1, 0.15) is 5.76 Å². The van der Waals surface area contributed by atoms with Crippen LogP contribution in [0.1, 0.15) is 18.7 Å². The minimum Gasteiger partial charge on any atom is -0.468 e. The molecule has 1 heterocycles. The highest BCUT2D eigenvalue weighted by Crippen LogP contribution is 2.20. The predicted octanol–water partition coefficient (Wildman–Crippen LogP) is 0.592. The lowest BCUT2D eigenvalue weighted by Gasteiger charge is -2.29. The zero-order chi connectivity index (χ0) is 10.6. The first-order chi connectivity index (χ1) is 6.70. The van der Waals surface area contributed by atoms with Gasteiger partial charge in [-0.25, -0.2) is 0 Å². The largest absolute Gasteiger partial charge is 0.468 e. The van der Waals surface area contributed by atoms with Crippen LogP contribution in [0, 0.1) is 0 Å². The quantitative estimate of drug-likeness (QED) is 0.727. The van der Waals surface area contributed by atoms with Crippen molar-refractivity contribution in [2.75, 3.05) is 20.2 Å². The van der Waals surface area contributed by atoms with Crippen LogP contribution in [0.4, 0.5) is 0 Å². The molecule has 1 aromatic heterocycles. The molecule has 14 heavy (non-hydrogen) atoms. The highest BCUT2D eigenvalue weighted by atomic mass is 16.3. The van der Waals surface area contributed by atoms with Crippen molar-refractivity contribution in [3.05, 3.63) is 24.2 Å². The first-order valence-corrected chi connectivity index (χ1v) is 4.77. The summed E-state index contributed by atoms with van der Waals surface area (Å²) in [5, 5.41) is 9.03. The van der Waals surface area contributed by atoms with Crippen molar-refractivity contribution in [3.63, 3.8) is 0 Å². The SMILES string of the molecule is CC(CO)N(C)C(CN)c1ccco1. The van der Waals surface area contributed by atoms with Crippen LogP contribution in [0.3, 0.4) is 0 Å². The summed E-state index contributed by atoms with van der Waals surface area (Å²) in [6.07, 6.45) is 1.63. The molecule has 0 fully saturated rings. The van der Waals surface area contributed by atoms with E-state index >= 15 is 0 Å². The number of rotatable bonds is 5. The molecule has 0 aliphatic carbocycles. The maximum absolute atomic E-state index is 9.03. The normalized spacial score (nSPS) is 15.8. The van der Waals surface area contributed by atoms with Gasteiger partial charge in [0.05, 0.1) is 18.9 Å². The average Bonchev–Trinajstić information content (AvgIpc) is 2.71. The Morgan fingerprint density at radius 2 is 2.36 bits per heavy atom. The molecule has 0 radical (unpaired) electrons. The number of likely N-dealkylation sites (N-methyl/N-ethyl adjacent to an activating group) is 1. The summed E-state index contributed by atoms with van der Waals surface area (Å²) in [5.74, 6) is 0.843. The number of nitrogens with zero attached hydrogens (tertiary/aromatic N) is 1. The number of aliphatic hydroxyl groups is 1. The van der Waals surface area contributed by atoms with E-state index in [0.29, 0.717) is 6.54 Å². The van der Waals surface area contributed by atoms with Crippen molar-refractivity contribution >= 4 is 0 Å². The zero-order valence-corrected chi connectivity index (χ0v) is 8.68. The van der Waals surface area contributed by atoms with Crippen LogP contribution in [0.5, 0.6) is 0 Å². The van der Waals surface area contributed by atoms with Crippen LogP contribution in [0.2, 0.25) is 0 Å². The number of nitrogens with two attached hydrogens (primary N) is 1. The van der Waals surface area contributed by atoms with E-state index < -0.39 is 0 Å². The van der Waals surface area contributed by atoms with E-state index in [9.17, 15) is 0 Å². The van der Waals surface area contributed by atoms with Gasteiger partial charge in [0.2, 0.25) is 0 Å². The Labute approximate surface area is 84.3 Å². The second-order valence-electron chi connectivity index (χ2n) is 3.46. The van der Waals surface area contributed by atoms with Crippen LogP contribution in [-0.4, -0.2) is 36.2 Å². The highest BCUT2D eigenvalue weighted by molar-refractivity contribution is 5.05. The molecule has 2 atom stereocenters. The van der Waals surface area contributed by atoms with E-state index in [-0.39, 0.29) is 18.7 Å². The maximum Gasteiger partial charge on any atom is 0.122 e. The van der Waals surface area contributed by atoms with Gasteiger partial charge < -0.3 is 15.3 Å². The molecule has 0 bridgehead atoms. The first-order valence-electron chi connectivity index (χ1n) is 4.77. The second-order valence-corrected chi connectivity index (χ2v) is 3.46. The van der Waals surface area contributed by atoms with Gasteiger partial charge in [-0.05, 0) is 26.1 Å². The Morgan fingerprint density at radius 3 is 2.79 bits per heavy atom. The van der Waals surface area contributed by atoms with E-state index in [2.05, 4.69) is 0 Å². The molecule has 0 aliphatic rings. The Balaban J connectivity index is 2.72. The average molecular weight is 198 g/mol. The first kappa shape index (κ1) is 11.2. The smallest absolute Gasteiger partial charge is 0.122 e. The highest BCUT2D eigenvalue weighted by Gasteiger charge is 2.21.